The molecule has 2 aromatic rings. The van der Waals surface area contributed by atoms with Gasteiger partial charge in [0.05, 0.1) is 6.61 Å². The van der Waals surface area contributed by atoms with Crippen LogP contribution in [0.25, 0.3) is 11.4 Å². The third-order valence-corrected chi connectivity index (χ3v) is 4.27. The zero-order valence-corrected chi connectivity index (χ0v) is 14.2. The number of amides is 2. The van der Waals surface area contributed by atoms with Gasteiger partial charge in [-0.05, 0) is 31.9 Å². The first-order chi connectivity index (χ1) is 12.2. The highest BCUT2D eigenvalue weighted by atomic mass is 16.6. The van der Waals surface area contributed by atoms with Gasteiger partial charge in [0.1, 0.15) is 5.82 Å². The lowest BCUT2D eigenvalue weighted by Crippen LogP contribution is -2.46. The average Bonchev–Trinajstić information content (AvgIpc) is 3.17. The van der Waals surface area contributed by atoms with E-state index in [0.29, 0.717) is 25.3 Å². The topological polar surface area (TPSA) is 87.3 Å². The highest BCUT2D eigenvalue weighted by Crippen LogP contribution is 2.16. The van der Waals surface area contributed by atoms with Crippen molar-refractivity contribution in [3.8, 4) is 11.4 Å². The first-order valence-corrected chi connectivity index (χ1v) is 8.49. The molecule has 0 saturated carbocycles. The van der Waals surface area contributed by atoms with E-state index in [1.807, 2.05) is 12.1 Å². The van der Waals surface area contributed by atoms with E-state index >= 15 is 0 Å². The monoisotopic (exact) mass is 342 g/mol. The number of benzene rings is 1. The van der Waals surface area contributed by atoms with Crippen molar-refractivity contribution in [3.63, 3.8) is 0 Å². The maximum absolute atomic E-state index is 12.4. The van der Waals surface area contributed by atoms with Crippen molar-refractivity contribution >= 4 is 12.0 Å². The number of hydrogen-bond acceptors (Lipinski definition) is 4. The predicted molar refractivity (Wildman–Crippen MR) is 93.1 cm³/mol. The molecule has 0 radical (unpaired) electrons. The van der Waals surface area contributed by atoms with Crippen LogP contribution in [0.2, 0.25) is 0 Å². The zero-order valence-electron chi connectivity index (χ0n) is 14.2. The molecule has 25 heavy (non-hydrogen) atoms. The summed E-state index contributed by atoms with van der Waals surface area (Å²) in [6.45, 7) is 3.37. The second kappa shape index (κ2) is 7.83. The largest absolute Gasteiger partial charge is 0.450 e. The van der Waals surface area contributed by atoms with E-state index in [-0.39, 0.29) is 18.0 Å². The molecule has 1 aromatic heterocycles. The van der Waals surface area contributed by atoms with Gasteiger partial charge in [0.2, 0.25) is 0 Å². The summed E-state index contributed by atoms with van der Waals surface area (Å²) in [5, 5.41) is 3.04. The number of hydrogen-bond donors (Lipinski definition) is 2. The number of likely N-dealkylation sites (tertiary alicyclic amines) is 1. The lowest BCUT2D eigenvalue weighted by Gasteiger charge is -2.31. The molecule has 132 valence electrons. The Morgan fingerprint density at radius 2 is 2.00 bits per heavy atom. The molecule has 3 rings (SSSR count). The summed E-state index contributed by atoms with van der Waals surface area (Å²) in [6.07, 6.45) is 4.64. The highest BCUT2D eigenvalue weighted by Gasteiger charge is 2.24. The number of carbonyl (C=O) groups excluding carboxylic acids is 2. The lowest BCUT2D eigenvalue weighted by atomic mass is 10.0. The molecule has 7 nitrogen and oxygen atoms in total. The third kappa shape index (κ3) is 4.17. The Hall–Kier alpha value is -2.83. The van der Waals surface area contributed by atoms with Crippen molar-refractivity contribution in [2.24, 2.45) is 0 Å². The highest BCUT2D eigenvalue weighted by molar-refractivity contribution is 5.94. The number of H-pyrrole nitrogens is 1. The number of nitrogens with one attached hydrogen (secondary N) is 2. The van der Waals surface area contributed by atoms with Gasteiger partial charge < -0.3 is 19.9 Å². The Labute approximate surface area is 146 Å². The summed E-state index contributed by atoms with van der Waals surface area (Å²) in [7, 11) is 0. The van der Waals surface area contributed by atoms with E-state index in [1.165, 1.54) is 0 Å². The number of piperidine rings is 1. The smallest absolute Gasteiger partial charge is 0.409 e. The minimum atomic E-state index is -0.277. The molecular weight excluding hydrogens is 320 g/mol. The number of aromatic amines is 1. The SMILES string of the molecule is CCOC(=O)N1CCC(NC(=O)c2ccc(-c3ncc[nH]3)cc2)CC1. The molecule has 0 unspecified atom stereocenters. The van der Waals surface area contributed by atoms with Gasteiger partial charge >= 0.3 is 6.09 Å². The minimum absolute atomic E-state index is 0.0722. The fraction of sp³-hybridized carbons (Fsp3) is 0.389. The van der Waals surface area contributed by atoms with Gasteiger partial charge in [-0.3, -0.25) is 4.79 Å². The summed E-state index contributed by atoms with van der Waals surface area (Å²) < 4.78 is 5.00. The van der Waals surface area contributed by atoms with Gasteiger partial charge in [-0.2, -0.15) is 0 Å². The fourth-order valence-corrected chi connectivity index (χ4v) is 2.89. The summed E-state index contributed by atoms with van der Waals surface area (Å²) in [5.74, 6) is 0.680. The molecule has 0 aliphatic carbocycles. The van der Waals surface area contributed by atoms with Gasteiger partial charge in [0.25, 0.3) is 5.91 Å². The Bertz CT molecular complexity index is 704. The summed E-state index contributed by atoms with van der Waals surface area (Å²) >= 11 is 0. The maximum atomic E-state index is 12.4. The van der Waals surface area contributed by atoms with Crippen molar-refractivity contribution < 1.29 is 14.3 Å². The Kier molecular flexibility index (Phi) is 5.33. The van der Waals surface area contributed by atoms with Crippen molar-refractivity contribution in [2.75, 3.05) is 19.7 Å². The van der Waals surface area contributed by atoms with Crippen LogP contribution in [0.15, 0.2) is 36.7 Å². The molecule has 2 heterocycles. The van der Waals surface area contributed by atoms with Crippen LogP contribution >= 0.6 is 0 Å². The summed E-state index contributed by atoms with van der Waals surface area (Å²) in [6, 6.07) is 7.40. The molecule has 0 spiro atoms. The van der Waals surface area contributed by atoms with E-state index in [4.69, 9.17) is 4.74 Å². The molecule has 0 bridgehead atoms. The molecule has 1 aromatic carbocycles. The average molecular weight is 342 g/mol. The number of ether oxygens (including phenoxy) is 1. The molecule has 7 heteroatoms. The number of nitrogens with zero attached hydrogens (tertiary/aromatic N) is 2. The van der Waals surface area contributed by atoms with Crippen molar-refractivity contribution in [1.82, 2.24) is 20.2 Å². The lowest BCUT2D eigenvalue weighted by molar-refractivity contribution is 0.0860. The van der Waals surface area contributed by atoms with Crippen molar-refractivity contribution in [1.29, 1.82) is 0 Å². The Morgan fingerprint density at radius 1 is 1.28 bits per heavy atom. The fourth-order valence-electron chi connectivity index (χ4n) is 2.89. The molecular formula is C18H22N4O3. The molecule has 1 aliphatic rings. The molecule has 2 N–H and O–H groups in total. The van der Waals surface area contributed by atoms with E-state index in [9.17, 15) is 9.59 Å². The molecule has 0 atom stereocenters. The predicted octanol–water partition coefficient (Wildman–Crippen LogP) is 2.43. The van der Waals surface area contributed by atoms with Crippen LogP contribution in [-0.4, -0.2) is 52.6 Å². The van der Waals surface area contributed by atoms with Crippen LogP contribution in [0.5, 0.6) is 0 Å². The first kappa shape index (κ1) is 17.0. The normalized spacial score (nSPS) is 15.0. The minimum Gasteiger partial charge on any atom is -0.450 e. The molecule has 1 aliphatic heterocycles. The Morgan fingerprint density at radius 3 is 2.60 bits per heavy atom. The van der Waals surface area contributed by atoms with Crippen LogP contribution in [0.4, 0.5) is 4.79 Å². The van der Waals surface area contributed by atoms with Crippen molar-refractivity contribution in [3.05, 3.63) is 42.2 Å². The zero-order chi connectivity index (χ0) is 17.6. The Balaban J connectivity index is 1.52. The number of imidazole rings is 1. The van der Waals surface area contributed by atoms with Gasteiger partial charge in [0.15, 0.2) is 0 Å². The maximum Gasteiger partial charge on any atom is 0.409 e. The van der Waals surface area contributed by atoms with E-state index < -0.39 is 0 Å². The number of aromatic nitrogens is 2. The second-order valence-electron chi connectivity index (χ2n) is 5.95. The molecule has 2 amide bonds. The van der Waals surface area contributed by atoms with Gasteiger partial charge in [-0.1, -0.05) is 12.1 Å². The second-order valence-corrected chi connectivity index (χ2v) is 5.95. The van der Waals surface area contributed by atoms with E-state index in [1.54, 1.807) is 36.4 Å². The van der Waals surface area contributed by atoms with Crippen LogP contribution in [0.1, 0.15) is 30.1 Å². The van der Waals surface area contributed by atoms with E-state index in [2.05, 4.69) is 15.3 Å². The quantitative estimate of drug-likeness (QED) is 0.893. The van der Waals surface area contributed by atoms with Gasteiger partial charge in [-0.25, -0.2) is 9.78 Å². The third-order valence-electron chi connectivity index (χ3n) is 4.27. The van der Waals surface area contributed by atoms with E-state index in [0.717, 1.165) is 24.2 Å². The van der Waals surface area contributed by atoms with Crippen molar-refractivity contribution in [2.45, 2.75) is 25.8 Å². The van der Waals surface area contributed by atoms with Gasteiger partial charge in [-0.15, -0.1) is 0 Å². The standard InChI is InChI=1S/C18H22N4O3/c1-2-25-18(24)22-11-7-15(8-12-22)21-17(23)14-5-3-13(4-6-14)16-19-9-10-20-16/h3-6,9-10,15H,2,7-8,11-12H2,1H3,(H,19,20)(H,21,23). The number of carbonyl (C=O) groups is 2. The van der Waals surface area contributed by atoms with Crippen LogP contribution in [-0.2, 0) is 4.74 Å². The first-order valence-electron chi connectivity index (χ1n) is 8.49. The molecule has 1 fully saturated rings. The van der Waals surface area contributed by atoms with Crippen LogP contribution in [0.3, 0.4) is 0 Å². The summed E-state index contributed by atoms with van der Waals surface area (Å²) in [5.41, 5.74) is 1.55. The van der Waals surface area contributed by atoms with Gasteiger partial charge in [0, 0.05) is 42.7 Å². The summed E-state index contributed by atoms with van der Waals surface area (Å²) in [4.78, 5) is 33.0. The van der Waals surface area contributed by atoms with Crippen LogP contribution < -0.4 is 5.32 Å². The van der Waals surface area contributed by atoms with Crippen LogP contribution in [0, 0.1) is 0 Å². The number of rotatable bonds is 4. The molecule has 1 saturated heterocycles.